The number of carbonyl (C=O) groups is 2. The van der Waals surface area contributed by atoms with E-state index in [1.165, 1.54) is 55.7 Å². The van der Waals surface area contributed by atoms with E-state index in [0.29, 0.717) is 23.3 Å². The van der Waals surface area contributed by atoms with E-state index in [0.717, 1.165) is 25.3 Å². The molecular formula is C25H28FN3O4S. The van der Waals surface area contributed by atoms with Gasteiger partial charge in [0, 0.05) is 11.3 Å². The van der Waals surface area contributed by atoms with E-state index >= 15 is 0 Å². The molecule has 4 aliphatic rings. The quantitative estimate of drug-likeness (QED) is 0.559. The van der Waals surface area contributed by atoms with Gasteiger partial charge in [-0.05, 0) is 99.1 Å². The molecule has 7 nitrogen and oxygen atoms in total. The van der Waals surface area contributed by atoms with Gasteiger partial charge in [-0.15, -0.1) is 0 Å². The Kier molecular flexibility index (Phi) is 5.62. The van der Waals surface area contributed by atoms with Crippen LogP contribution in [0.15, 0.2) is 47.4 Å². The number of nitrogens with one attached hydrogen (secondary N) is 3. The summed E-state index contributed by atoms with van der Waals surface area (Å²) in [7, 11) is -4.04. The lowest BCUT2D eigenvalue weighted by molar-refractivity contribution is -0.147. The van der Waals surface area contributed by atoms with Crippen molar-refractivity contribution in [1.29, 1.82) is 0 Å². The molecule has 9 heteroatoms. The van der Waals surface area contributed by atoms with Gasteiger partial charge in [0.2, 0.25) is 5.91 Å². The van der Waals surface area contributed by atoms with E-state index in [1.54, 1.807) is 6.92 Å². The maximum Gasteiger partial charge on any atom is 0.269 e. The molecule has 4 bridgehead atoms. The van der Waals surface area contributed by atoms with Gasteiger partial charge in [-0.25, -0.2) is 12.8 Å². The van der Waals surface area contributed by atoms with Crippen molar-refractivity contribution in [3.05, 3.63) is 59.4 Å². The highest BCUT2D eigenvalue weighted by Gasteiger charge is 2.54. The Bertz CT molecular complexity index is 1230. The van der Waals surface area contributed by atoms with Gasteiger partial charge in [-0.1, -0.05) is 12.1 Å². The molecule has 2 amide bonds. The highest BCUT2D eigenvalue weighted by molar-refractivity contribution is 7.92. The summed E-state index contributed by atoms with van der Waals surface area (Å²) in [5.41, 5.74) is 5.41. The SMILES string of the molecule is Cc1ccc(S(=O)(=O)Nc2cccc(C(=O)NNC(=O)C34CC5CC(CC(C5)C3)C4)c2)cc1F. The molecule has 3 N–H and O–H groups in total. The predicted octanol–water partition coefficient (Wildman–Crippen LogP) is 3.91. The monoisotopic (exact) mass is 485 g/mol. The molecule has 0 spiro atoms. The Morgan fingerprint density at radius 2 is 1.59 bits per heavy atom. The fourth-order valence-electron chi connectivity index (χ4n) is 6.39. The second-order valence-corrected chi connectivity index (χ2v) is 11.9. The zero-order valence-electron chi connectivity index (χ0n) is 18.9. The van der Waals surface area contributed by atoms with E-state index in [1.807, 2.05) is 0 Å². The maximum absolute atomic E-state index is 13.8. The molecule has 0 saturated heterocycles. The van der Waals surface area contributed by atoms with Crippen LogP contribution in [0.5, 0.6) is 0 Å². The maximum atomic E-state index is 13.8. The fourth-order valence-corrected chi connectivity index (χ4v) is 7.45. The third kappa shape index (κ3) is 4.29. The number of hydrogen-bond donors (Lipinski definition) is 3. The molecule has 6 rings (SSSR count). The largest absolute Gasteiger partial charge is 0.280 e. The van der Waals surface area contributed by atoms with E-state index in [9.17, 15) is 22.4 Å². The van der Waals surface area contributed by atoms with E-state index < -0.39 is 21.7 Å². The van der Waals surface area contributed by atoms with Crippen molar-refractivity contribution in [2.75, 3.05) is 4.72 Å². The average Bonchev–Trinajstić information content (AvgIpc) is 2.78. The van der Waals surface area contributed by atoms with Crippen LogP contribution in [0, 0.1) is 35.9 Å². The summed E-state index contributed by atoms with van der Waals surface area (Å²) in [5, 5.41) is 0. The Labute approximate surface area is 198 Å². The number of sulfonamides is 1. The van der Waals surface area contributed by atoms with Gasteiger partial charge in [0.25, 0.3) is 15.9 Å². The lowest BCUT2D eigenvalue weighted by Gasteiger charge is -2.55. The Morgan fingerprint density at radius 1 is 0.941 bits per heavy atom. The second kappa shape index (κ2) is 8.37. The van der Waals surface area contributed by atoms with Crippen LogP contribution in [0.25, 0.3) is 0 Å². The molecule has 4 fully saturated rings. The number of amides is 2. The summed E-state index contributed by atoms with van der Waals surface area (Å²) in [5.74, 6) is 0.544. The topological polar surface area (TPSA) is 104 Å². The average molecular weight is 486 g/mol. The van der Waals surface area contributed by atoms with Crippen LogP contribution in [0.4, 0.5) is 10.1 Å². The molecule has 0 aromatic heterocycles. The zero-order valence-corrected chi connectivity index (χ0v) is 19.8. The van der Waals surface area contributed by atoms with E-state index in [-0.39, 0.29) is 27.5 Å². The van der Waals surface area contributed by atoms with Crippen molar-refractivity contribution in [2.45, 2.75) is 50.3 Å². The van der Waals surface area contributed by atoms with Crippen LogP contribution in [0.1, 0.15) is 54.4 Å². The van der Waals surface area contributed by atoms with Crippen LogP contribution in [-0.2, 0) is 14.8 Å². The van der Waals surface area contributed by atoms with Crippen LogP contribution >= 0.6 is 0 Å². The molecule has 4 saturated carbocycles. The summed E-state index contributed by atoms with van der Waals surface area (Å²) in [6.45, 7) is 1.54. The molecule has 0 unspecified atom stereocenters. The molecule has 34 heavy (non-hydrogen) atoms. The summed E-state index contributed by atoms with van der Waals surface area (Å²) < 4.78 is 41.5. The van der Waals surface area contributed by atoms with Crippen molar-refractivity contribution < 1.29 is 22.4 Å². The highest BCUT2D eigenvalue weighted by atomic mass is 32.2. The summed E-state index contributed by atoms with van der Waals surface area (Å²) >= 11 is 0. The summed E-state index contributed by atoms with van der Waals surface area (Å²) in [4.78, 5) is 25.5. The third-order valence-corrected chi connectivity index (χ3v) is 9.02. The lowest BCUT2D eigenvalue weighted by atomic mass is 9.49. The zero-order chi connectivity index (χ0) is 24.1. The van der Waals surface area contributed by atoms with Crippen molar-refractivity contribution >= 4 is 27.5 Å². The molecule has 4 aliphatic carbocycles. The number of benzene rings is 2. The van der Waals surface area contributed by atoms with Crippen LogP contribution in [0.2, 0.25) is 0 Å². The van der Waals surface area contributed by atoms with Gasteiger partial charge in [0.05, 0.1) is 10.3 Å². The van der Waals surface area contributed by atoms with Gasteiger partial charge in [0.1, 0.15) is 5.82 Å². The van der Waals surface area contributed by atoms with Crippen molar-refractivity contribution in [3.8, 4) is 0 Å². The Balaban J connectivity index is 1.24. The smallest absolute Gasteiger partial charge is 0.269 e. The minimum Gasteiger partial charge on any atom is -0.280 e. The van der Waals surface area contributed by atoms with Crippen LogP contribution in [0.3, 0.4) is 0 Å². The first-order chi connectivity index (χ1) is 16.1. The number of rotatable bonds is 5. The van der Waals surface area contributed by atoms with Crippen LogP contribution in [-0.4, -0.2) is 20.2 Å². The van der Waals surface area contributed by atoms with Gasteiger partial charge in [-0.2, -0.15) is 0 Å². The van der Waals surface area contributed by atoms with Gasteiger partial charge in [0.15, 0.2) is 0 Å². The predicted molar refractivity (Wildman–Crippen MR) is 125 cm³/mol. The molecular weight excluding hydrogens is 457 g/mol. The Hall–Kier alpha value is -2.94. The first-order valence-electron chi connectivity index (χ1n) is 11.6. The van der Waals surface area contributed by atoms with Gasteiger partial charge >= 0.3 is 0 Å². The normalized spacial score (nSPS) is 27.3. The number of hydrazine groups is 1. The molecule has 0 aliphatic heterocycles. The molecule has 0 atom stereocenters. The lowest BCUT2D eigenvalue weighted by Crippen LogP contribution is -2.56. The van der Waals surface area contributed by atoms with E-state index in [2.05, 4.69) is 15.6 Å². The number of halogens is 1. The summed E-state index contributed by atoms with van der Waals surface area (Å²) in [6.07, 6.45) is 6.32. The first kappa shape index (κ1) is 22.8. The minimum absolute atomic E-state index is 0.127. The van der Waals surface area contributed by atoms with Crippen molar-refractivity contribution in [1.82, 2.24) is 10.9 Å². The third-order valence-electron chi connectivity index (χ3n) is 7.64. The Morgan fingerprint density at radius 3 is 2.21 bits per heavy atom. The molecule has 0 radical (unpaired) electrons. The molecule has 2 aromatic rings. The van der Waals surface area contributed by atoms with E-state index in [4.69, 9.17) is 0 Å². The van der Waals surface area contributed by atoms with Crippen LogP contribution < -0.4 is 15.6 Å². The number of anilines is 1. The molecule has 0 heterocycles. The number of carbonyl (C=O) groups excluding carboxylic acids is 2. The van der Waals surface area contributed by atoms with Crippen molar-refractivity contribution in [3.63, 3.8) is 0 Å². The van der Waals surface area contributed by atoms with Crippen molar-refractivity contribution in [2.24, 2.45) is 23.2 Å². The fraction of sp³-hybridized carbons (Fsp3) is 0.440. The summed E-state index contributed by atoms with van der Waals surface area (Å²) in [6, 6.07) is 9.58. The minimum atomic E-state index is -4.04. The first-order valence-corrected chi connectivity index (χ1v) is 13.1. The standard InChI is InChI=1S/C25H28FN3O4S/c1-15-5-6-21(11-22(15)26)34(32,33)29-20-4-2-3-19(10-20)23(30)27-28-24(31)25-12-16-7-17(13-25)9-18(8-16)14-25/h2-6,10-11,16-18,29H,7-9,12-14H2,1H3,(H,27,30)(H,28,31). The number of aryl methyl sites for hydroxylation is 1. The second-order valence-electron chi connectivity index (χ2n) is 10.2. The van der Waals surface area contributed by atoms with Gasteiger partial charge < -0.3 is 0 Å². The van der Waals surface area contributed by atoms with Gasteiger partial charge in [-0.3, -0.25) is 25.2 Å². The molecule has 180 valence electrons. The highest BCUT2D eigenvalue weighted by Crippen LogP contribution is 2.60. The number of hydrogen-bond acceptors (Lipinski definition) is 4. The molecule has 2 aromatic carbocycles.